The molecule has 0 radical (unpaired) electrons. The standard InChI is InChI=1S/C32H46O8/c1-17(33)40-27(2,3)13-12-23(36)32(9,39)25-21(35)15-29(6)22-11-10-18-19(14-20(34)26(38)28(18,4)5)31(22,8)24(37)16-30(25,29)7/h10,12-13,19-22,25,34-35,39H,11,14-16H2,1-9H3/b13-12+/t19-,20-,21-,22+,25+,29+,30-,31+,32+/m1/s1. The molecule has 0 bridgehead atoms. The number of aliphatic hydroxyl groups excluding tert-OH is 2. The Balaban J connectivity index is 1.75. The number of rotatable bonds is 5. The number of carbonyl (C=O) groups excluding carboxylic acids is 4. The highest BCUT2D eigenvalue weighted by Gasteiger charge is 2.74. The van der Waals surface area contributed by atoms with Gasteiger partial charge >= 0.3 is 5.97 Å². The van der Waals surface area contributed by atoms with Crippen LogP contribution in [0.2, 0.25) is 0 Å². The van der Waals surface area contributed by atoms with E-state index in [9.17, 15) is 34.5 Å². The van der Waals surface area contributed by atoms with E-state index in [-0.39, 0.29) is 36.2 Å². The fourth-order valence-corrected chi connectivity index (χ4v) is 9.40. The average Bonchev–Trinajstić information content (AvgIpc) is 3.01. The molecule has 4 aliphatic carbocycles. The Kier molecular flexibility index (Phi) is 7.06. The van der Waals surface area contributed by atoms with Crippen molar-refractivity contribution in [2.75, 3.05) is 0 Å². The fraction of sp³-hybridized carbons (Fsp3) is 0.750. The molecule has 0 aliphatic heterocycles. The molecular formula is C32H46O8. The molecule has 9 atom stereocenters. The SMILES string of the molecule is CC(=O)OC(C)(C)/C=C/C(=O)[C@](C)(O)[C@H]1[C@H](O)C[C@@]2(C)[C@@H]3CC=C4[C@@H](C[C@@H](O)C(=O)C4(C)C)[C@]3(C)C(=O)C[C@]12C. The Morgan fingerprint density at radius 3 is 2.23 bits per heavy atom. The highest BCUT2D eigenvalue weighted by molar-refractivity contribution is 5.98. The van der Waals surface area contributed by atoms with Crippen molar-refractivity contribution < 1.29 is 39.2 Å². The lowest BCUT2D eigenvalue weighted by molar-refractivity contribution is -0.183. The molecule has 8 nitrogen and oxygen atoms in total. The maximum atomic E-state index is 14.3. The predicted molar refractivity (Wildman–Crippen MR) is 148 cm³/mol. The number of Topliss-reactive ketones (excluding diaryl/α,β-unsaturated/α-hetero) is 2. The lowest BCUT2D eigenvalue weighted by Crippen LogP contribution is -2.65. The quantitative estimate of drug-likeness (QED) is 0.265. The summed E-state index contributed by atoms with van der Waals surface area (Å²) >= 11 is 0. The highest BCUT2D eigenvalue weighted by atomic mass is 16.6. The van der Waals surface area contributed by atoms with Gasteiger partial charge in [0.15, 0.2) is 11.6 Å². The van der Waals surface area contributed by atoms with Crippen LogP contribution in [0.1, 0.15) is 88.0 Å². The van der Waals surface area contributed by atoms with E-state index in [1.165, 1.54) is 26.0 Å². The van der Waals surface area contributed by atoms with Gasteiger partial charge in [0.2, 0.25) is 0 Å². The number of fused-ring (bicyclic) bond motifs is 5. The van der Waals surface area contributed by atoms with Gasteiger partial charge in [-0.15, -0.1) is 0 Å². The first-order chi connectivity index (χ1) is 18.1. The molecule has 3 N–H and O–H groups in total. The van der Waals surface area contributed by atoms with Gasteiger partial charge in [0.05, 0.1) is 6.10 Å². The van der Waals surface area contributed by atoms with E-state index >= 15 is 0 Å². The Bertz CT molecular complexity index is 1210. The molecule has 40 heavy (non-hydrogen) atoms. The molecule has 0 spiro atoms. The highest BCUT2D eigenvalue weighted by Crippen LogP contribution is 2.74. The first-order valence-corrected chi connectivity index (χ1v) is 14.4. The van der Waals surface area contributed by atoms with Gasteiger partial charge in [-0.2, -0.15) is 0 Å². The van der Waals surface area contributed by atoms with E-state index in [4.69, 9.17) is 4.74 Å². The number of aliphatic hydroxyl groups is 3. The number of hydrogen-bond acceptors (Lipinski definition) is 8. The van der Waals surface area contributed by atoms with Crippen molar-refractivity contribution in [2.45, 2.75) is 111 Å². The van der Waals surface area contributed by atoms with Crippen LogP contribution in [0, 0.1) is 39.4 Å². The zero-order valence-electron chi connectivity index (χ0n) is 25.3. The summed E-state index contributed by atoms with van der Waals surface area (Å²) < 4.78 is 5.23. The van der Waals surface area contributed by atoms with Crippen LogP contribution in [0.3, 0.4) is 0 Å². The third-order valence-electron chi connectivity index (χ3n) is 11.5. The molecule has 0 aromatic rings. The molecule has 8 heteroatoms. The van der Waals surface area contributed by atoms with Crippen LogP contribution < -0.4 is 0 Å². The third-order valence-corrected chi connectivity index (χ3v) is 11.5. The van der Waals surface area contributed by atoms with E-state index in [2.05, 4.69) is 13.0 Å². The van der Waals surface area contributed by atoms with Gasteiger partial charge in [-0.25, -0.2) is 0 Å². The van der Waals surface area contributed by atoms with Crippen LogP contribution in [-0.4, -0.2) is 62.0 Å². The van der Waals surface area contributed by atoms with Crippen molar-refractivity contribution in [1.82, 2.24) is 0 Å². The summed E-state index contributed by atoms with van der Waals surface area (Å²) in [6, 6.07) is 0. The van der Waals surface area contributed by atoms with Crippen molar-refractivity contribution in [1.29, 1.82) is 0 Å². The number of ether oxygens (including phenoxy) is 1. The molecule has 0 aromatic carbocycles. The van der Waals surface area contributed by atoms with E-state index in [0.29, 0.717) is 12.8 Å². The van der Waals surface area contributed by atoms with E-state index in [1.807, 2.05) is 27.7 Å². The molecular weight excluding hydrogens is 512 g/mol. The summed E-state index contributed by atoms with van der Waals surface area (Å²) in [7, 11) is 0. The van der Waals surface area contributed by atoms with Crippen LogP contribution in [-0.2, 0) is 23.9 Å². The predicted octanol–water partition coefficient (Wildman–Crippen LogP) is 3.50. The Morgan fingerprint density at radius 2 is 1.65 bits per heavy atom. The van der Waals surface area contributed by atoms with Gasteiger partial charge in [-0.3, -0.25) is 19.2 Å². The molecule has 4 aliphatic rings. The molecule has 0 saturated heterocycles. The maximum Gasteiger partial charge on any atom is 0.303 e. The first-order valence-electron chi connectivity index (χ1n) is 14.4. The fourth-order valence-electron chi connectivity index (χ4n) is 9.40. The molecule has 0 heterocycles. The number of hydrogen-bond donors (Lipinski definition) is 3. The van der Waals surface area contributed by atoms with Gasteiger partial charge < -0.3 is 20.1 Å². The van der Waals surface area contributed by atoms with Crippen LogP contribution in [0.25, 0.3) is 0 Å². The van der Waals surface area contributed by atoms with Crippen LogP contribution >= 0.6 is 0 Å². The van der Waals surface area contributed by atoms with E-state index in [1.54, 1.807) is 13.8 Å². The Hall–Kier alpha value is -2.16. The monoisotopic (exact) mass is 558 g/mol. The second-order valence-corrected chi connectivity index (χ2v) is 14.8. The van der Waals surface area contributed by atoms with E-state index < -0.39 is 62.7 Å². The Morgan fingerprint density at radius 1 is 1.05 bits per heavy atom. The zero-order chi connectivity index (χ0) is 30.4. The van der Waals surface area contributed by atoms with Crippen molar-refractivity contribution in [3.8, 4) is 0 Å². The normalized spacial score (nSPS) is 42.4. The lowest BCUT2D eigenvalue weighted by Gasteiger charge is -2.64. The van der Waals surface area contributed by atoms with Gasteiger partial charge in [0.1, 0.15) is 23.1 Å². The van der Waals surface area contributed by atoms with Gasteiger partial charge in [0.25, 0.3) is 0 Å². The topological polar surface area (TPSA) is 138 Å². The number of carbonyl (C=O) groups is 4. The molecule has 222 valence electrons. The summed E-state index contributed by atoms with van der Waals surface area (Å²) in [6.45, 7) is 15.4. The van der Waals surface area contributed by atoms with Crippen molar-refractivity contribution >= 4 is 23.3 Å². The summed E-state index contributed by atoms with van der Waals surface area (Å²) in [5, 5.41) is 34.0. The second kappa shape index (κ2) is 9.17. The largest absolute Gasteiger partial charge is 0.456 e. The second-order valence-electron chi connectivity index (χ2n) is 14.8. The summed E-state index contributed by atoms with van der Waals surface area (Å²) in [4.78, 5) is 52.1. The van der Waals surface area contributed by atoms with Gasteiger partial charge in [0, 0.05) is 30.1 Å². The minimum atomic E-state index is -1.99. The van der Waals surface area contributed by atoms with Gasteiger partial charge in [-0.05, 0) is 88.7 Å². The average molecular weight is 559 g/mol. The van der Waals surface area contributed by atoms with Crippen molar-refractivity contribution in [3.63, 3.8) is 0 Å². The van der Waals surface area contributed by atoms with Crippen molar-refractivity contribution in [3.05, 3.63) is 23.8 Å². The minimum absolute atomic E-state index is 0.0284. The van der Waals surface area contributed by atoms with Crippen LogP contribution in [0.5, 0.6) is 0 Å². The van der Waals surface area contributed by atoms with Gasteiger partial charge in [-0.1, -0.05) is 32.4 Å². The zero-order valence-corrected chi connectivity index (χ0v) is 25.3. The summed E-state index contributed by atoms with van der Waals surface area (Å²) in [5.41, 5.74) is -5.43. The molecule has 3 saturated carbocycles. The first kappa shape index (κ1) is 30.8. The summed E-state index contributed by atoms with van der Waals surface area (Å²) in [6.07, 6.45) is 3.55. The molecule has 0 aromatic heterocycles. The molecule has 4 rings (SSSR count). The molecule has 0 amide bonds. The number of allylic oxidation sites excluding steroid dienone is 2. The number of ketones is 3. The van der Waals surface area contributed by atoms with Crippen LogP contribution in [0.15, 0.2) is 23.8 Å². The lowest BCUT2D eigenvalue weighted by atomic mass is 9.38. The number of esters is 1. The molecule has 0 unspecified atom stereocenters. The van der Waals surface area contributed by atoms with E-state index in [0.717, 1.165) is 5.57 Å². The molecule has 3 fully saturated rings. The van der Waals surface area contributed by atoms with Crippen molar-refractivity contribution in [2.24, 2.45) is 39.4 Å². The summed E-state index contributed by atoms with van der Waals surface area (Å²) in [5.74, 6) is -2.85. The Labute approximate surface area is 237 Å². The van der Waals surface area contributed by atoms with Crippen LogP contribution in [0.4, 0.5) is 0 Å². The third kappa shape index (κ3) is 4.11. The smallest absolute Gasteiger partial charge is 0.303 e. The minimum Gasteiger partial charge on any atom is -0.456 e. The maximum absolute atomic E-state index is 14.3.